The molecule has 0 radical (unpaired) electrons. The number of hydrogen-bond acceptors (Lipinski definition) is 3. The molecule has 2 rings (SSSR count). The van der Waals surface area contributed by atoms with Gasteiger partial charge in [-0.2, -0.15) is 0 Å². The minimum Gasteiger partial charge on any atom is -0.289 e. The standard InChI is InChI=1S/C14H14OS2/c1-9-6-4-5-7-11(9)13(15)12-8-10(2)17-14(12)16-3/h4-8H,1-3H3. The first-order chi connectivity index (χ1) is 8.13. The summed E-state index contributed by atoms with van der Waals surface area (Å²) in [5.41, 5.74) is 2.68. The molecule has 88 valence electrons. The summed E-state index contributed by atoms with van der Waals surface area (Å²) in [7, 11) is 0. The Hall–Kier alpha value is -1.06. The molecule has 2 aromatic rings. The summed E-state index contributed by atoms with van der Waals surface area (Å²) in [5, 5.41) is 0. The van der Waals surface area contributed by atoms with Crippen molar-refractivity contribution in [1.29, 1.82) is 0 Å². The third-order valence-electron chi connectivity index (χ3n) is 2.64. The van der Waals surface area contributed by atoms with Gasteiger partial charge in [0.1, 0.15) is 0 Å². The van der Waals surface area contributed by atoms with Gasteiger partial charge < -0.3 is 0 Å². The molecule has 0 N–H and O–H groups in total. The summed E-state index contributed by atoms with van der Waals surface area (Å²) in [6, 6.07) is 9.74. The number of thiophene rings is 1. The van der Waals surface area contributed by atoms with Crippen LogP contribution >= 0.6 is 23.1 Å². The second-order valence-electron chi connectivity index (χ2n) is 3.91. The van der Waals surface area contributed by atoms with Crippen molar-refractivity contribution in [2.24, 2.45) is 0 Å². The van der Waals surface area contributed by atoms with Gasteiger partial charge in [-0.25, -0.2) is 0 Å². The first-order valence-corrected chi connectivity index (χ1v) is 7.42. The van der Waals surface area contributed by atoms with E-state index in [1.165, 1.54) is 4.88 Å². The van der Waals surface area contributed by atoms with Crippen LogP contribution in [0.2, 0.25) is 0 Å². The quantitative estimate of drug-likeness (QED) is 0.605. The van der Waals surface area contributed by atoms with Crippen LogP contribution in [-0.2, 0) is 0 Å². The first kappa shape index (κ1) is 12.4. The topological polar surface area (TPSA) is 17.1 Å². The molecule has 1 heterocycles. The molecule has 0 bridgehead atoms. The lowest BCUT2D eigenvalue weighted by Crippen LogP contribution is -2.03. The Morgan fingerprint density at radius 3 is 2.53 bits per heavy atom. The van der Waals surface area contributed by atoms with Crippen LogP contribution in [0.1, 0.15) is 26.4 Å². The Labute approximate surface area is 110 Å². The van der Waals surface area contributed by atoms with Crippen LogP contribution in [0.3, 0.4) is 0 Å². The predicted octanol–water partition coefficient (Wildman–Crippen LogP) is 4.32. The fourth-order valence-electron chi connectivity index (χ4n) is 1.78. The molecular formula is C14H14OS2. The van der Waals surface area contributed by atoms with E-state index in [2.05, 4.69) is 0 Å². The highest BCUT2D eigenvalue weighted by atomic mass is 32.2. The van der Waals surface area contributed by atoms with E-state index in [9.17, 15) is 4.79 Å². The molecule has 0 aliphatic carbocycles. The molecule has 17 heavy (non-hydrogen) atoms. The van der Waals surface area contributed by atoms with Gasteiger partial charge in [0, 0.05) is 16.0 Å². The highest BCUT2D eigenvalue weighted by molar-refractivity contribution is 8.00. The molecule has 0 fully saturated rings. The number of aryl methyl sites for hydroxylation is 2. The van der Waals surface area contributed by atoms with Gasteiger partial charge in [-0.15, -0.1) is 23.1 Å². The number of carbonyl (C=O) groups is 1. The van der Waals surface area contributed by atoms with Crippen molar-refractivity contribution in [3.63, 3.8) is 0 Å². The van der Waals surface area contributed by atoms with Crippen molar-refractivity contribution in [1.82, 2.24) is 0 Å². The molecule has 1 aromatic carbocycles. The highest BCUT2D eigenvalue weighted by Gasteiger charge is 2.17. The maximum atomic E-state index is 12.5. The molecule has 0 saturated carbocycles. The van der Waals surface area contributed by atoms with E-state index < -0.39 is 0 Å². The summed E-state index contributed by atoms with van der Waals surface area (Å²) >= 11 is 3.33. The van der Waals surface area contributed by atoms with Gasteiger partial charge in [0.05, 0.1) is 4.21 Å². The lowest BCUT2D eigenvalue weighted by molar-refractivity contribution is 0.103. The summed E-state index contributed by atoms with van der Waals surface area (Å²) in [4.78, 5) is 13.6. The fourth-order valence-corrected chi connectivity index (χ4v) is 3.61. The van der Waals surface area contributed by atoms with Crippen LogP contribution < -0.4 is 0 Å². The predicted molar refractivity (Wildman–Crippen MR) is 75.4 cm³/mol. The lowest BCUT2D eigenvalue weighted by Gasteiger charge is -2.04. The van der Waals surface area contributed by atoms with Gasteiger partial charge in [-0.05, 0) is 31.7 Å². The Morgan fingerprint density at radius 2 is 1.88 bits per heavy atom. The number of rotatable bonds is 3. The molecule has 1 nitrogen and oxygen atoms in total. The number of benzene rings is 1. The molecule has 0 amide bonds. The van der Waals surface area contributed by atoms with Gasteiger partial charge >= 0.3 is 0 Å². The average molecular weight is 262 g/mol. The third-order valence-corrected chi connectivity index (χ3v) is 4.83. The number of ketones is 1. The van der Waals surface area contributed by atoms with Crippen molar-refractivity contribution in [3.05, 3.63) is 51.9 Å². The van der Waals surface area contributed by atoms with Gasteiger partial charge in [0.25, 0.3) is 0 Å². The lowest BCUT2D eigenvalue weighted by atomic mass is 10.0. The second-order valence-corrected chi connectivity index (χ2v) is 6.24. The van der Waals surface area contributed by atoms with Crippen molar-refractivity contribution < 1.29 is 4.79 Å². The first-order valence-electron chi connectivity index (χ1n) is 5.38. The molecule has 0 unspecified atom stereocenters. The molecule has 0 spiro atoms. The van der Waals surface area contributed by atoms with E-state index in [-0.39, 0.29) is 5.78 Å². The van der Waals surface area contributed by atoms with E-state index >= 15 is 0 Å². The highest BCUT2D eigenvalue weighted by Crippen LogP contribution is 2.32. The van der Waals surface area contributed by atoms with E-state index in [1.807, 2.05) is 50.4 Å². The van der Waals surface area contributed by atoms with Crippen molar-refractivity contribution in [2.45, 2.75) is 18.1 Å². The zero-order chi connectivity index (χ0) is 12.4. The van der Waals surface area contributed by atoms with Crippen LogP contribution in [-0.4, -0.2) is 12.0 Å². The minimum absolute atomic E-state index is 0.136. The Bertz CT molecular complexity index is 555. The van der Waals surface area contributed by atoms with Crippen LogP contribution in [0.5, 0.6) is 0 Å². The number of carbonyl (C=O) groups excluding carboxylic acids is 1. The van der Waals surface area contributed by atoms with Crippen LogP contribution in [0.4, 0.5) is 0 Å². The van der Waals surface area contributed by atoms with Gasteiger partial charge in [-0.3, -0.25) is 4.79 Å². The Balaban J connectivity index is 2.47. The third kappa shape index (κ3) is 2.45. The van der Waals surface area contributed by atoms with Gasteiger partial charge in [-0.1, -0.05) is 24.3 Å². The maximum Gasteiger partial charge on any atom is 0.195 e. The second kappa shape index (κ2) is 5.07. The van der Waals surface area contributed by atoms with E-state index in [0.29, 0.717) is 0 Å². The molecule has 1 aromatic heterocycles. The van der Waals surface area contributed by atoms with Crippen LogP contribution in [0, 0.1) is 13.8 Å². The number of hydrogen-bond donors (Lipinski definition) is 0. The van der Waals surface area contributed by atoms with E-state index in [0.717, 1.165) is 20.9 Å². The van der Waals surface area contributed by atoms with E-state index in [4.69, 9.17) is 0 Å². The van der Waals surface area contributed by atoms with Crippen molar-refractivity contribution >= 4 is 28.9 Å². The molecule has 3 heteroatoms. The number of thioether (sulfide) groups is 1. The Kier molecular flexibility index (Phi) is 3.69. The van der Waals surface area contributed by atoms with Gasteiger partial charge in [0.2, 0.25) is 0 Å². The molecule has 0 aliphatic rings. The zero-order valence-electron chi connectivity index (χ0n) is 10.1. The fraction of sp³-hybridized carbons (Fsp3) is 0.214. The van der Waals surface area contributed by atoms with Crippen molar-refractivity contribution in [2.75, 3.05) is 6.26 Å². The normalized spacial score (nSPS) is 10.5. The monoisotopic (exact) mass is 262 g/mol. The summed E-state index contributed by atoms with van der Waals surface area (Å²) in [5.74, 6) is 0.136. The molecule has 0 saturated heterocycles. The summed E-state index contributed by atoms with van der Waals surface area (Å²) < 4.78 is 1.11. The average Bonchev–Trinajstić information content (AvgIpc) is 2.70. The van der Waals surface area contributed by atoms with Crippen molar-refractivity contribution in [3.8, 4) is 0 Å². The van der Waals surface area contributed by atoms with Crippen LogP contribution in [0.15, 0.2) is 34.5 Å². The summed E-state index contributed by atoms with van der Waals surface area (Å²) in [6.45, 7) is 4.02. The molecular weight excluding hydrogens is 248 g/mol. The Morgan fingerprint density at radius 1 is 1.18 bits per heavy atom. The van der Waals surface area contributed by atoms with Crippen LogP contribution in [0.25, 0.3) is 0 Å². The molecule has 0 aliphatic heterocycles. The smallest absolute Gasteiger partial charge is 0.195 e. The SMILES string of the molecule is CSc1sc(C)cc1C(=O)c1ccccc1C. The minimum atomic E-state index is 0.136. The van der Waals surface area contributed by atoms with E-state index in [1.54, 1.807) is 23.1 Å². The maximum absolute atomic E-state index is 12.5. The zero-order valence-corrected chi connectivity index (χ0v) is 11.7. The summed E-state index contributed by atoms with van der Waals surface area (Å²) in [6.07, 6.45) is 2.01. The van der Waals surface area contributed by atoms with Gasteiger partial charge in [0.15, 0.2) is 5.78 Å². The molecule has 0 atom stereocenters. The largest absolute Gasteiger partial charge is 0.289 e.